The first-order chi connectivity index (χ1) is 10.0. The van der Waals surface area contributed by atoms with E-state index in [2.05, 4.69) is 16.0 Å². The summed E-state index contributed by atoms with van der Waals surface area (Å²) in [5, 5.41) is 8.25. The van der Waals surface area contributed by atoms with Crippen LogP contribution in [0, 0.1) is 13.8 Å². The molecule has 0 heterocycles. The molecule has 1 aromatic rings. The minimum absolute atomic E-state index is 0.0857. The van der Waals surface area contributed by atoms with Crippen molar-refractivity contribution < 1.29 is 9.59 Å². The van der Waals surface area contributed by atoms with E-state index in [-0.39, 0.29) is 18.5 Å². The van der Waals surface area contributed by atoms with E-state index in [0.717, 1.165) is 42.5 Å². The van der Waals surface area contributed by atoms with E-state index >= 15 is 0 Å². The van der Waals surface area contributed by atoms with Gasteiger partial charge in [-0.2, -0.15) is 0 Å². The molecule has 1 aromatic carbocycles. The minimum atomic E-state index is -0.394. The first-order valence-corrected chi connectivity index (χ1v) is 7.46. The maximum Gasteiger partial charge on any atom is 0.321 e. The Hall–Kier alpha value is -2.04. The van der Waals surface area contributed by atoms with Crippen molar-refractivity contribution in [3.63, 3.8) is 0 Å². The lowest BCUT2D eigenvalue weighted by Crippen LogP contribution is -2.45. The fourth-order valence-electron chi connectivity index (χ4n) is 2.56. The average molecular weight is 289 g/mol. The molecule has 0 radical (unpaired) electrons. The van der Waals surface area contributed by atoms with Gasteiger partial charge in [0, 0.05) is 11.7 Å². The SMILES string of the molecule is Cc1ccc(C)c(NCC(=O)NC(=O)NC2CCCC2)c1. The van der Waals surface area contributed by atoms with Gasteiger partial charge in [-0.25, -0.2) is 4.79 Å². The summed E-state index contributed by atoms with van der Waals surface area (Å²) in [6, 6.07) is 5.83. The van der Waals surface area contributed by atoms with E-state index in [4.69, 9.17) is 0 Å². The zero-order chi connectivity index (χ0) is 15.2. The lowest BCUT2D eigenvalue weighted by atomic mass is 10.1. The van der Waals surface area contributed by atoms with Crippen LogP contribution in [0.15, 0.2) is 18.2 Å². The first-order valence-electron chi connectivity index (χ1n) is 7.46. The van der Waals surface area contributed by atoms with E-state index in [1.165, 1.54) is 0 Å². The van der Waals surface area contributed by atoms with Crippen LogP contribution in [-0.4, -0.2) is 24.5 Å². The Balaban J connectivity index is 1.76. The normalized spacial score (nSPS) is 14.8. The number of urea groups is 1. The number of hydrogen-bond donors (Lipinski definition) is 3. The van der Waals surface area contributed by atoms with Crippen LogP contribution in [0.5, 0.6) is 0 Å². The first kappa shape index (κ1) is 15.4. The number of hydrogen-bond acceptors (Lipinski definition) is 3. The predicted molar refractivity (Wildman–Crippen MR) is 83.3 cm³/mol. The summed E-state index contributed by atoms with van der Waals surface area (Å²) in [5.41, 5.74) is 3.12. The molecule has 0 bridgehead atoms. The van der Waals surface area contributed by atoms with Gasteiger partial charge >= 0.3 is 6.03 Å². The fourth-order valence-corrected chi connectivity index (χ4v) is 2.56. The third-order valence-electron chi connectivity index (χ3n) is 3.78. The molecule has 5 nitrogen and oxygen atoms in total. The lowest BCUT2D eigenvalue weighted by molar-refractivity contribution is -0.118. The Kier molecular flexibility index (Phi) is 5.20. The van der Waals surface area contributed by atoms with Crippen molar-refractivity contribution in [3.05, 3.63) is 29.3 Å². The number of carbonyl (C=O) groups excluding carboxylic acids is 2. The molecule has 3 N–H and O–H groups in total. The second-order valence-electron chi connectivity index (χ2n) is 5.67. The van der Waals surface area contributed by atoms with Crippen molar-refractivity contribution >= 4 is 17.6 Å². The molecule has 0 atom stereocenters. The number of imide groups is 1. The summed E-state index contributed by atoms with van der Waals surface area (Å²) in [4.78, 5) is 23.4. The van der Waals surface area contributed by atoms with Crippen molar-refractivity contribution in [2.24, 2.45) is 0 Å². The summed E-state index contributed by atoms with van der Waals surface area (Å²) < 4.78 is 0. The molecule has 1 aliphatic carbocycles. The molecule has 114 valence electrons. The summed E-state index contributed by atoms with van der Waals surface area (Å²) >= 11 is 0. The van der Waals surface area contributed by atoms with Gasteiger partial charge in [0.15, 0.2) is 0 Å². The highest BCUT2D eigenvalue weighted by molar-refractivity contribution is 5.96. The van der Waals surface area contributed by atoms with Gasteiger partial charge in [-0.15, -0.1) is 0 Å². The standard InChI is InChI=1S/C16H23N3O2/c1-11-7-8-12(2)14(9-11)17-10-15(20)19-16(21)18-13-5-3-4-6-13/h7-9,13,17H,3-6,10H2,1-2H3,(H2,18,19,20,21). The van der Waals surface area contributed by atoms with E-state index in [1.807, 2.05) is 32.0 Å². The Morgan fingerprint density at radius 1 is 1.19 bits per heavy atom. The molecule has 3 amide bonds. The molecule has 0 spiro atoms. The highest BCUT2D eigenvalue weighted by atomic mass is 16.2. The molecule has 1 aliphatic rings. The summed E-state index contributed by atoms with van der Waals surface area (Å²) in [7, 11) is 0. The van der Waals surface area contributed by atoms with Gasteiger partial charge in [0.1, 0.15) is 0 Å². The third kappa shape index (κ3) is 4.77. The Morgan fingerprint density at radius 3 is 2.62 bits per heavy atom. The van der Waals surface area contributed by atoms with Gasteiger partial charge in [0.2, 0.25) is 5.91 Å². The number of nitrogens with one attached hydrogen (secondary N) is 3. The third-order valence-corrected chi connectivity index (χ3v) is 3.78. The maximum absolute atomic E-state index is 11.8. The summed E-state index contributed by atoms with van der Waals surface area (Å²) in [5.74, 6) is -0.327. The van der Waals surface area contributed by atoms with E-state index in [9.17, 15) is 9.59 Å². The number of amides is 3. The maximum atomic E-state index is 11.8. The Bertz CT molecular complexity index is 522. The highest BCUT2D eigenvalue weighted by Gasteiger charge is 2.18. The molecular weight excluding hydrogens is 266 g/mol. The molecule has 0 saturated heterocycles. The summed E-state index contributed by atoms with van der Waals surface area (Å²) in [6.07, 6.45) is 4.30. The van der Waals surface area contributed by atoms with Gasteiger partial charge in [0.25, 0.3) is 0 Å². The number of anilines is 1. The molecule has 0 aliphatic heterocycles. The molecule has 0 unspecified atom stereocenters. The van der Waals surface area contributed by atoms with Crippen LogP contribution in [0.1, 0.15) is 36.8 Å². The van der Waals surface area contributed by atoms with Crippen LogP contribution in [0.4, 0.5) is 10.5 Å². The van der Waals surface area contributed by atoms with Gasteiger partial charge in [-0.05, 0) is 43.9 Å². The zero-order valence-electron chi connectivity index (χ0n) is 12.7. The van der Waals surface area contributed by atoms with Crippen molar-refractivity contribution in [1.82, 2.24) is 10.6 Å². The molecule has 1 saturated carbocycles. The van der Waals surface area contributed by atoms with Crippen LogP contribution in [0.2, 0.25) is 0 Å². The monoisotopic (exact) mass is 289 g/mol. The largest absolute Gasteiger partial charge is 0.376 e. The second-order valence-corrected chi connectivity index (χ2v) is 5.67. The van der Waals surface area contributed by atoms with E-state index in [0.29, 0.717) is 0 Å². The smallest absolute Gasteiger partial charge is 0.321 e. The van der Waals surface area contributed by atoms with Crippen LogP contribution in [0.25, 0.3) is 0 Å². The van der Waals surface area contributed by atoms with Crippen LogP contribution in [0.3, 0.4) is 0 Å². The Labute approximate surface area is 125 Å². The second kappa shape index (κ2) is 7.11. The number of rotatable bonds is 4. The minimum Gasteiger partial charge on any atom is -0.376 e. The van der Waals surface area contributed by atoms with Gasteiger partial charge in [-0.1, -0.05) is 25.0 Å². The quantitative estimate of drug-likeness (QED) is 0.797. The molecule has 5 heteroatoms. The van der Waals surface area contributed by atoms with Crippen LogP contribution in [-0.2, 0) is 4.79 Å². The topological polar surface area (TPSA) is 70.2 Å². The Morgan fingerprint density at radius 2 is 1.90 bits per heavy atom. The van der Waals surface area contributed by atoms with Crippen LogP contribution >= 0.6 is 0 Å². The molecule has 1 fully saturated rings. The van der Waals surface area contributed by atoms with Crippen molar-refractivity contribution in [1.29, 1.82) is 0 Å². The zero-order valence-corrected chi connectivity index (χ0v) is 12.7. The molecule has 21 heavy (non-hydrogen) atoms. The lowest BCUT2D eigenvalue weighted by Gasteiger charge is -2.13. The van der Waals surface area contributed by atoms with Gasteiger partial charge in [0.05, 0.1) is 6.54 Å². The van der Waals surface area contributed by atoms with Crippen molar-refractivity contribution in [2.75, 3.05) is 11.9 Å². The molecule has 0 aromatic heterocycles. The predicted octanol–water partition coefficient (Wildman–Crippen LogP) is 2.48. The number of carbonyl (C=O) groups is 2. The highest BCUT2D eigenvalue weighted by Crippen LogP contribution is 2.17. The summed E-state index contributed by atoms with van der Waals surface area (Å²) in [6.45, 7) is 4.06. The van der Waals surface area contributed by atoms with E-state index in [1.54, 1.807) is 0 Å². The van der Waals surface area contributed by atoms with Crippen molar-refractivity contribution in [2.45, 2.75) is 45.6 Å². The number of aryl methyl sites for hydroxylation is 2. The van der Waals surface area contributed by atoms with Crippen LogP contribution < -0.4 is 16.0 Å². The van der Waals surface area contributed by atoms with Gasteiger partial charge in [-0.3, -0.25) is 10.1 Å². The van der Waals surface area contributed by atoms with E-state index < -0.39 is 6.03 Å². The van der Waals surface area contributed by atoms with Gasteiger partial charge < -0.3 is 10.6 Å². The van der Waals surface area contributed by atoms with Crippen molar-refractivity contribution in [3.8, 4) is 0 Å². The fraction of sp³-hybridized carbons (Fsp3) is 0.500. The number of benzene rings is 1. The average Bonchev–Trinajstić information content (AvgIpc) is 2.92. The molecular formula is C16H23N3O2. The molecule has 2 rings (SSSR count).